The summed E-state index contributed by atoms with van der Waals surface area (Å²) in [6.07, 6.45) is 0. The van der Waals surface area contributed by atoms with Crippen LogP contribution < -0.4 is 5.56 Å². The Morgan fingerprint density at radius 1 is 1.12 bits per heavy atom. The first-order valence-corrected chi connectivity index (χ1v) is 8.04. The van der Waals surface area contributed by atoms with Crippen LogP contribution in [-0.2, 0) is 0 Å². The number of halogens is 2. The SMILES string of the molecule is Cc1c(C(=O)O)nn(-c2ccccc2)c(=O)c1-c1ccc(Cl)cc1Cl. The van der Waals surface area contributed by atoms with Crippen molar-refractivity contribution < 1.29 is 9.90 Å². The summed E-state index contributed by atoms with van der Waals surface area (Å²) in [7, 11) is 0. The van der Waals surface area contributed by atoms with Crippen molar-refractivity contribution in [2.24, 2.45) is 0 Å². The zero-order valence-corrected chi connectivity index (χ0v) is 14.5. The molecule has 0 bridgehead atoms. The summed E-state index contributed by atoms with van der Waals surface area (Å²) in [6, 6.07) is 13.3. The van der Waals surface area contributed by atoms with E-state index in [0.717, 1.165) is 4.68 Å². The molecule has 2 aromatic carbocycles. The molecule has 0 spiro atoms. The van der Waals surface area contributed by atoms with Crippen molar-refractivity contribution in [3.05, 3.63) is 80.2 Å². The van der Waals surface area contributed by atoms with Crippen LogP contribution >= 0.6 is 23.2 Å². The molecule has 1 heterocycles. The number of rotatable bonds is 3. The monoisotopic (exact) mass is 374 g/mol. The summed E-state index contributed by atoms with van der Waals surface area (Å²) >= 11 is 12.2. The molecule has 1 aromatic heterocycles. The van der Waals surface area contributed by atoms with Gasteiger partial charge in [-0.15, -0.1) is 0 Å². The lowest BCUT2D eigenvalue weighted by Crippen LogP contribution is -2.27. The predicted molar refractivity (Wildman–Crippen MR) is 97.0 cm³/mol. The molecule has 0 radical (unpaired) electrons. The second-order valence-corrected chi connectivity index (χ2v) is 6.17. The van der Waals surface area contributed by atoms with Gasteiger partial charge >= 0.3 is 5.97 Å². The van der Waals surface area contributed by atoms with Gasteiger partial charge in [-0.25, -0.2) is 4.79 Å². The van der Waals surface area contributed by atoms with Crippen LogP contribution in [0, 0.1) is 6.92 Å². The lowest BCUT2D eigenvalue weighted by atomic mass is 10.0. The summed E-state index contributed by atoms with van der Waals surface area (Å²) in [5.74, 6) is -1.23. The fourth-order valence-electron chi connectivity index (χ4n) is 2.56. The van der Waals surface area contributed by atoms with Gasteiger partial charge in [-0.2, -0.15) is 9.78 Å². The molecule has 0 unspecified atom stereocenters. The molecule has 0 aliphatic carbocycles. The van der Waals surface area contributed by atoms with Gasteiger partial charge < -0.3 is 5.11 Å². The van der Waals surface area contributed by atoms with Gasteiger partial charge in [0.05, 0.1) is 16.3 Å². The molecular formula is C18H12Cl2N2O3. The maximum atomic E-state index is 13.0. The number of nitrogens with zero attached hydrogens (tertiary/aromatic N) is 2. The fourth-order valence-corrected chi connectivity index (χ4v) is 3.06. The first-order chi connectivity index (χ1) is 11.9. The van der Waals surface area contributed by atoms with Crippen molar-refractivity contribution in [2.75, 3.05) is 0 Å². The molecule has 0 aliphatic heterocycles. The zero-order chi connectivity index (χ0) is 18.1. The van der Waals surface area contributed by atoms with E-state index in [9.17, 15) is 14.7 Å². The molecule has 0 saturated heterocycles. The molecular weight excluding hydrogens is 363 g/mol. The van der Waals surface area contributed by atoms with Crippen LogP contribution in [0.25, 0.3) is 16.8 Å². The first-order valence-electron chi connectivity index (χ1n) is 7.28. The number of carboxylic acids is 1. The maximum Gasteiger partial charge on any atom is 0.356 e. The molecule has 0 aliphatic rings. The van der Waals surface area contributed by atoms with Crippen molar-refractivity contribution in [3.8, 4) is 16.8 Å². The Bertz CT molecular complexity index is 1030. The van der Waals surface area contributed by atoms with E-state index in [1.165, 1.54) is 13.0 Å². The topological polar surface area (TPSA) is 72.2 Å². The van der Waals surface area contributed by atoms with Crippen molar-refractivity contribution in [3.63, 3.8) is 0 Å². The Hall–Kier alpha value is -2.63. The summed E-state index contributed by atoms with van der Waals surface area (Å²) in [6.45, 7) is 1.54. The van der Waals surface area contributed by atoms with Crippen molar-refractivity contribution in [1.82, 2.24) is 9.78 Å². The smallest absolute Gasteiger partial charge is 0.356 e. The minimum absolute atomic E-state index is 0.179. The third kappa shape index (κ3) is 3.16. The van der Waals surface area contributed by atoms with Crippen molar-refractivity contribution in [2.45, 2.75) is 6.92 Å². The molecule has 7 heteroatoms. The minimum atomic E-state index is -1.23. The second-order valence-electron chi connectivity index (χ2n) is 5.33. The van der Waals surface area contributed by atoms with Gasteiger partial charge in [0.15, 0.2) is 5.69 Å². The maximum absolute atomic E-state index is 13.0. The highest BCUT2D eigenvalue weighted by Gasteiger charge is 2.22. The van der Waals surface area contributed by atoms with Gasteiger partial charge in [0.2, 0.25) is 0 Å². The van der Waals surface area contributed by atoms with Crippen molar-refractivity contribution in [1.29, 1.82) is 0 Å². The van der Waals surface area contributed by atoms with E-state index in [0.29, 0.717) is 16.3 Å². The highest BCUT2D eigenvalue weighted by Crippen LogP contribution is 2.31. The standard InChI is InChI=1S/C18H12Cl2N2O3/c1-10-15(13-8-7-11(19)9-14(13)20)17(23)22(21-16(10)18(24)25)12-5-3-2-4-6-12/h2-9H,1H3,(H,24,25). The fraction of sp³-hybridized carbons (Fsp3) is 0.0556. The Morgan fingerprint density at radius 3 is 2.40 bits per heavy atom. The van der Waals surface area contributed by atoms with E-state index in [1.807, 2.05) is 0 Å². The average Bonchev–Trinajstić information content (AvgIpc) is 2.57. The molecule has 0 fully saturated rings. The molecule has 3 aromatic rings. The highest BCUT2D eigenvalue weighted by atomic mass is 35.5. The Morgan fingerprint density at radius 2 is 1.80 bits per heavy atom. The number of benzene rings is 2. The van der Waals surface area contributed by atoms with Gasteiger partial charge in [0.1, 0.15) is 0 Å². The first kappa shape index (κ1) is 17.2. The van der Waals surface area contributed by atoms with Crippen LogP contribution in [0.15, 0.2) is 53.3 Å². The number of para-hydroxylation sites is 1. The van der Waals surface area contributed by atoms with Crippen LogP contribution in [0.5, 0.6) is 0 Å². The van der Waals surface area contributed by atoms with Gasteiger partial charge in [0, 0.05) is 10.6 Å². The quantitative estimate of drug-likeness (QED) is 0.744. The van der Waals surface area contributed by atoms with Crippen LogP contribution in [0.2, 0.25) is 10.0 Å². The third-order valence-electron chi connectivity index (χ3n) is 3.74. The van der Waals surface area contributed by atoms with Crippen LogP contribution in [0.1, 0.15) is 16.1 Å². The number of hydrogen-bond acceptors (Lipinski definition) is 3. The lowest BCUT2D eigenvalue weighted by Gasteiger charge is -2.13. The van der Waals surface area contributed by atoms with E-state index in [-0.39, 0.29) is 21.8 Å². The molecule has 126 valence electrons. The number of carboxylic acid groups (broad SMARTS) is 1. The molecule has 3 rings (SSSR count). The summed E-state index contributed by atoms with van der Waals surface area (Å²) in [5, 5.41) is 14.2. The van der Waals surface area contributed by atoms with Crippen LogP contribution in [0.4, 0.5) is 0 Å². The Labute approximate surface area is 153 Å². The van der Waals surface area contributed by atoms with Crippen LogP contribution in [0.3, 0.4) is 0 Å². The van der Waals surface area contributed by atoms with Gasteiger partial charge in [-0.05, 0) is 36.8 Å². The van der Waals surface area contributed by atoms with E-state index < -0.39 is 11.5 Å². The third-order valence-corrected chi connectivity index (χ3v) is 4.29. The molecule has 0 amide bonds. The van der Waals surface area contributed by atoms with Crippen LogP contribution in [-0.4, -0.2) is 20.9 Å². The molecule has 5 nitrogen and oxygen atoms in total. The minimum Gasteiger partial charge on any atom is -0.476 e. The normalized spacial score (nSPS) is 10.7. The Balaban J connectivity index is 2.40. The summed E-state index contributed by atoms with van der Waals surface area (Å²) in [4.78, 5) is 24.6. The summed E-state index contributed by atoms with van der Waals surface area (Å²) < 4.78 is 1.07. The molecule has 0 atom stereocenters. The van der Waals surface area contributed by atoms with E-state index in [4.69, 9.17) is 23.2 Å². The van der Waals surface area contributed by atoms with E-state index in [2.05, 4.69) is 5.10 Å². The lowest BCUT2D eigenvalue weighted by molar-refractivity contribution is 0.0687. The number of hydrogen-bond donors (Lipinski definition) is 1. The zero-order valence-electron chi connectivity index (χ0n) is 13.0. The van der Waals surface area contributed by atoms with Gasteiger partial charge in [-0.1, -0.05) is 47.5 Å². The number of carbonyl (C=O) groups is 1. The largest absolute Gasteiger partial charge is 0.476 e. The van der Waals surface area contributed by atoms with Gasteiger partial charge in [0.25, 0.3) is 5.56 Å². The molecule has 25 heavy (non-hydrogen) atoms. The second kappa shape index (κ2) is 6.70. The Kier molecular flexibility index (Phi) is 4.61. The van der Waals surface area contributed by atoms with E-state index in [1.54, 1.807) is 42.5 Å². The molecule has 0 saturated carbocycles. The number of aromatic carboxylic acids is 1. The van der Waals surface area contributed by atoms with Crippen molar-refractivity contribution >= 4 is 29.2 Å². The predicted octanol–water partition coefficient (Wildman–Crippen LogP) is 4.21. The summed E-state index contributed by atoms with van der Waals surface area (Å²) in [5.41, 5.74) is 0.610. The average molecular weight is 375 g/mol. The molecule has 1 N–H and O–H groups in total. The highest BCUT2D eigenvalue weighted by molar-refractivity contribution is 6.36. The number of aromatic nitrogens is 2. The van der Waals surface area contributed by atoms with Gasteiger partial charge in [-0.3, -0.25) is 4.79 Å². The van der Waals surface area contributed by atoms with E-state index >= 15 is 0 Å².